The highest BCUT2D eigenvalue weighted by Crippen LogP contribution is 2.28. The van der Waals surface area contributed by atoms with Crippen LogP contribution in [0.4, 0.5) is 5.69 Å². The molecule has 0 atom stereocenters. The molecule has 0 unspecified atom stereocenters. The van der Waals surface area contributed by atoms with E-state index in [0.717, 1.165) is 13.1 Å². The van der Waals surface area contributed by atoms with Crippen molar-refractivity contribution in [3.63, 3.8) is 0 Å². The zero-order valence-corrected chi connectivity index (χ0v) is 12.3. The van der Waals surface area contributed by atoms with Crippen LogP contribution >= 0.6 is 0 Å². The van der Waals surface area contributed by atoms with Gasteiger partial charge in [-0.3, -0.25) is 0 Å². The van der Waals surface area contributed by atoms with Gasteiger partial charge in [-0.25, -0.2) is 0 Å². The monoisotopic (exact) mass is 297 g/mol. The van der Waals surface area contributed by atoms with Gasteiger partial charge in [-0.1, -0.05) is 12.1 Å². The number of nitrogens with zero attached hydrogens (tertiary/aromatic N) is 2. The first-order valence-electron chi connectivity index (χ1n) is 6.60. The van der Waals surface area contributed by atoms with Crippen LogP contribution in [0.3, 0.4) is 0 Å². The van der Waals surface area contributed by atoms with E-state index < -0.39 is 10.0 Å². The molecule has 0 saturated heterocycles. The van der Waals surface area contributed by atoms with E-state index in [9.17, 15) is 8.42 Å². The highest BCUT2D eigenvalue weighted by Gasteiger charge is 2.24. The largest absolute Gasteiger partial charge is 0.380 e. The summed E-state index contributed by atoms with van der Waals surface area (Å²) in [5, 5.41) is 3.24. The minimum atomic E-state index is -3.53. The zero-order chi connectivity index (χ0) is 14.4. The summed E-state index contributed by atoms with van der Waals surface area (Å²) in [5.41, 5.74) is 0.675. The predicted molar refractivity (Wildman–Crippen MR) is 78.8 cm³/mol. The second-order valence-corrected chi connectivity index (χ2v) is 5.90. The lowest BCUT2D eigenvalue weighted by atomic mass is 10.3. The number of hydrogen-bond acceptors (Lipinski definition) is 5. The number of nitrogens with one attached hydrogen (secondary N) is 1. The Morgan fingerprint density at radius 1 is 1.30 bits per heavy atom. The molecule has 6 nitrogen and oxygen atoms in total. The second-order valence-electron chi connectivity index (χ2n) is 4.30. The van der Waals surface area contributed by atoms with Crippen LogP contribution < -0.4 is 10.2 Å². The van der Waals surface area contributed by atoms with E-state index in [4.69, 9.17) is 4.74 Å². The number of sulfonamides is 1. The van der Waals surface area contributed by atoms with Crippen molar-refractivity contribution in [3.05, 3.63) is 24.3 Å². The summed E-state index contributed by atoms with van der Waals surface area (Å²) in [6, 6.07) is 6.90. The molecule has 7 heteroatoms. The van der Waals surface area contributed by atoms with Gasteiger partial charge in [-0.05, 0) is 19.1 Å². The molecule has 0 bridgehead atoms. The maximum Gasteiger partial charge on any atom is 0.285 e. The number of fused-ring (bicyclic) bond motifs is 1. The van der Waals surface area contributed by atoms with Crippen molar-refractivity contribution in [1.82, 2.24) is 5.32 Å². The van der Waals surface area contributed by atoms with Crippen molar-refractivity contribution in [2.75, 3.05) is 37.7 Å². The number of para-hydroxylation sites is 1. The molecular formula is C13H19N3O3S. The molecule has 20 heavy (non-hydrogen) atoms. The first-order valence-corrected chi connectivity index (χ1v) is 8.04. The first-order chi connectivity index (χ1) is 9.65. The van der Waals surface area contributed by atoms with Gasteiger partial charge in [0.2, 0.25) is 0 Å². The van der Waals surface area contributed by atoms with Crippen LogP contribution in [0.15, 0.2) is 33.6 Å². The zero-order valence-electron chi connectivity index (χ0n) is 11.4. The number of ether oxygens (including phenoxy) is 1. The molecule has 0 spiro atoms. The van der Waals surface area contributed by atoms with Crippen molar-refractivity contribution in [2.24, 2.45) is 4.40 Å². The van der Waals surface area contributed by atoms with Crippen LogP contribution in [0.25, 0.3) is 0 Å². The van der Waals surface area contributed by atoms with Gasteiger partial charge in [0.15, 0.2) is 0 Å². The SMILES string of the molecule is CCOCCNCCN1C=NS(=O)(=O)c2ccccc21. The van der Waals surface area contributed by atoms with E-state index >= 15 is 0 Å². The molecule has 0 fully saturated rings. The van der Waals surface area contributed by atoms with Gasteiger partial charge < -0.3 is 15.0 Å². The number of benzene rings is 1. The molecule has 110 valence electrons. The molecule has 0 amide bonds. The normalized spacial score (nSPS) is 16.1. The Hall–Kier alpha value is -1.44. The second kappa shape index (κ2) is 6.83. The average molecular weight is 297 g/mol. The Morgan fingerprint density at radius 3 is 2.90 bits per heavy atom. The molecule has 1 N–H and O–H groups in total. The Balaban J connectivity index is 1.94. The average Bonchev–Trinajstić information content (AvgIpc) is 2.45. The van der Waals surface area contributed by atoms with Gasteiger partial charge in [-0.2, -0.15) is 8.42 Å². The van der Waals surface area contributed by atoms with Crippen LogP contribution in [-0.2, 0) is 14.8 Å². The van der Waals surface area contributed by atoms with Crippen molar-refractivity contribution >= 4 is 22.0 Å². The smallest absolute Gasteiger partial charge is 0.285 e. The highest BCUT2D eigenvalue weighted by molar-refractivity contribution is 7.90. The third-order valence-electron chi connectivity index (χ3n) is 2.93. The maximum atomic E-state index is 11.8. The van der Waals surface area contributed by atoms with Crippen LogP contribution in [0.1, 0.15) is 6.92 Å². The fourth-order valence-electron chi connectivity index (χ4n) is 1.94. The molecule has 1 aliphatic rings. The third kappa shape index (κ3) is 3.56. The lowest BCUT2D eigenvalue weighted by Gasteiger charge is -2.25. The predicted octanol–water partition coefficient (Wildman–Crippen LogP) is 0.850. The molecule has 1 aromatic rings. The van der Waals surface area contributed by atoms with Gasteiger partial charge in [0.25, 0.3) is 10.0 Å². The van der Waals surface area contributed by atoms with E-state index in [0.29, 0.717) is 25.4 Å². The maximum absolute atomic E-state index is 11.8. The number of hydrogen-bond donors (Lipinski definition) is 1. The van der Waals surface area contributed by atoms with E-state index in [2.05, 4.69) is 9.71 Å². The third-order valence-corrected chi connectivity index (χ3v) is 4.21. The summed E-state index contributed by atoms with van der Waals surface area (Å²) >= 11 is 0. The van der Waals surface area contributed by atoms with Crippen molar-refractivity contribution in [2.45, 2.75) is 11.8 Å². The van der Waals surface area contributed by atoms with Crippen molar-refractivity contribution < 1.29 is 13.2 Å². The van der Waals surface area contributed by atoms with Crippen molar-refractivity contribution in [1.29, 1.82) is 0 Å². The van der Waals surface area contributed by atoms with Crippen LogP contribution in [0.2, 0.25) is 0 Å². The minimum Gasteiger partial charge on any atom is -0.380 e. The van der Waals surface area contributed by atoms with Crippen LogP contribution in [0.5, 0.6) is 0 Å². The summed E-state index contributed by atoms with van der Waals surface area (Å²) in [5.74, 6) is 0. The number of rotatable bonds is 7. The molecule has 2 rings (SSSR count). The molecule has 1 heterocycles. The Morgan fingerprint density at radius 2 is 2.10 bits per heavy atom. The summed E-state index contributed by atoms with van der Waals surface area (Å²) < 4.78 is 32.5. The van der Waals surface area contributed by atoms with Gasteiger partial charge >= 0.3 is 0 Å². The molecule has 1 aromatic carbocycles. The Bertz CT molecular complexity index is 572. The molecular weight excluding hydrogens is 278 g/mol. The minimum absolute atomic E-state index is 0.261. The molecule has 0 radical (unpaired) electrons. The summed E-state index contributed by atoms with van der Waals surface area (Å²) in [6.45, 7) is 5.51. The highest BCUT2D eigenvalue weighted by atomic mass is 32.2. The topological polar surface area (TPSA) is 71.0 Å². The summed E-state index contributed by atoms with van der Waals surface area (Å²) in [6.07, 6.45) is 1.38. The Labute approximate surface area is 119 Å². The van der Waals surface area contributed by atoms with Gasteiger partial charge in [0.1, 0.15) is 11.2 Å². The molecule has 0 aromatic heterocycles. The Kier molecular flexibility index (Phi) is 5.11. The van der Waals surface area contributed by atoms with E-state index in [1.807, 2.05) is 17.9 Å². The molecule has 1 aliphatic heterocycles. The van der Waals surface area contributed by atoms with Crippen molar-refractivity contribution in [3.8, 4) is 0 Å². The summed E-state index contributed by atoms with van der Waals surface area (Å²) in [7, 11) is -3.53. The van der Waals surface area contributed by atoms with E-state index in [1.165, 1.54) is 6.34 Å². The lowest BCUT2D eigenvalue weighted by molar-refractivity contribution is 0.149. The first kappa shape index (κ1) is 15.0. The molecule has 0 saturated carbocycles. The quantitative estimate of drug-likeness (QED) is 0.756. The van der Waals surface area contributed by atoms with Gasteiger partial charge in [0, 0.05) is 26.2 Å². The lowest BCUT2D eigenvalue weighted by Crippen LogP contribution is -2.35. The standard InChI is InChI=1S/C13H19N3O3S/c1-2-19-10-8-14-7-9-16-11-15-20(17,18)13-6-4-3-5-12(13)16/h3-6,11,14H,2,7-10H2,1H3. The van der Waals surface area contributed by atoms with Gasteiger partial charge in [-0.15, -0.1) is 4.40 Å². The fraction of sp³-hybridized carbons (Fsp3) is 0.462. The summed E-state index contributed by atoms with van der Waals surface area (Å²) in [4.78, 5) is 2.10. The van der Waals surface area contributed by atoms with Crippen LogP contribution in [0, 0.1) is 0 Å². The molecule has 0 aliphatic carbocycles. The number of anilines is 1. The van der Waals surface area contributed by atoms with Crippen LogP contribution in [-0.4, -0.2) is 47.6 Å². The van der Waals surface area contributed by atoms with E-state index in [-0.39, 0.29) is 4.90 Å². The van der Waals surface area contributed by atoms with E-state index in [1.54, 1.807) is 18.2 Å². The fourth-order valence-corrected chi connectivity index (χ4v) is 2.99. The van der Waals surface area contributed by atoms with Gasteiger partial charge in [0.05, 0.1) is 12.3 Å².